The molecule has 1 aliphatic heterocycles. The summed E-state index contributed by atoms with van der Waals surface area (Å²) in [5.74, 6) is 0. The standard InChI is InChI=1S/C16H19N3/c1-3-14(13-19-9-7-17-8-10-19)11-15(4-1)16-5-2-6-18-12-16/h1-6,11-12,17H,7-10,13H2. The first-order valence-corrected chi connectivity index (χ1v) is 6.84. The average Bonchev–Trinajstić information content (AvgIpc) is 2.49. The van der Waals surface area contributed by atoms with Crippen LogP contribution in [0.15, 0.2) is 48.8 Å². The quantitative estimate of drug-likeness (QED) is 0.908. The Hall–Kier alpha value is -1.71. The topological polar surface area (TPSA) is 28.2 Å². The Bertz CT molecular complexity index is 519. The summed E-state index contributed by atoms with van der Waals surface area (Å²) in [6, 6.07) is 12.9. The summed E-state index contributed by atoms with van der Waals surface area (Å²) in [5, 5.41) is 3.39. The fourth-order valence-electron chi connectivity index (χ4n) is 2.51. The van der Waals surface area contributed by atoms with Crippen LogP contribution in [-0.2, 0) is 6.54 Å². The van der Waals surface area contributed by atoms with E-state index in [1.165, 1.54) is 16.7 Å². The fraction of sp³-hybridized carbons (Fsp3) is 0.312. The van der Waals surface area contributed by atoms with Gasteiger partial charge in [-0.3, -0.25) is 9.88 Å². The van der Waals surface area contributed by atoms with E-state index in [1.54, 1.807) is 0 Å². The molecule has 0 amide bonds. The highest BCUT2D eigenvalue weighted by molar-refractivity contribution is 5.62. The third kappa shape index (κ3) is 3.19. The normalized spacial score (nSPS) is 16.4. The van der Waals surface area contributed by atoms with Gasteiger partial charge in [0, 0.05) is 45.1 Å². The highest BCUT2D eigenvalue weighted by Crippen LogP contribution is 2.20. The highest BCUT2D eigenvalue weighted by Gasteiger charge is 2.10. The van der Waals surface area contributed by atoms with Gasteiger partial charge in [0.25, 0.3) is 0 Å². The molecule has 1 N–H and O–H groups in total. The van der Waals surface area contributed by atoms with Gasteiger partial charge in [-0.05, 0) is 28.8 Å². The Morgan fingerprint density at radius 3 is 2.68 bits per heavy atom. The number of nitrogens with one attached hydrogen (secondary N) is 1. The largest absolute Gasteiger partial charge is 0.314 e. The molecule has 19 heavy (non-hydrogen) atoms. The zero-order valence-corrected chi connectivity index (χ0v) is 11.0. The number of benzene rings is 1. The van der Waals surface area contributed by atoms with Crippen LogP contribution in [0.25, 0.3) is 11.1 Å². The van der Waals surface area contributed by atoms with E-state index in [0.717, 1.165) is 32.7 Å². The van der Waals surface area contributed by atoms with Crippen LogP contribution in [0.1, 0.15) is 5.56 Å². The molecule has 1 aromatic heterocycles. The Labute approximate surface area is 114 Å². The van der Waals surface area contributed by atoms with Crippen LogP contribution >= 0.6 is 0 Å². The van der Waals surface area contributed by atoms with Crippen molar-refractivity contribution in [3.63, 3.8) is 0 Å². The Balaban J connectivity index is 1.76. The number of nitrogens with zero attached hydrogens (tertiary/aromatic N) is 2. The first-order chi connectivity index (χ1) is 9.42. The maximum atomic E-state index is 4.19. The summed E-state index contributed by atoms with van der Waals surface area (Å²) in [7, 11) is 0. The Kier molecular flexibility index (Phi) is 3.86. The number of aromatic nitrogens is 1. The van der Waals surface area contributed by atoms with Gasteiger partial charge in [0.15, 0.2) is 0 Å². The van der Waals surface area contributed by atoms with Crippen molar-refractivity contribution in [1.29, 1.82) is 0 Å². The van der Waals surface area contributed by atoms with Crippen molar-refractivity contribution >= 4 is 0 Å². The highest BCUT2D eigenvalue weighted by atomic mass is 15.2. The number of hydrogen-bond donors (Lipinski definition) is 1. The molecule has 1 aliphatic rings. The maximum absolute atomic E-state index is 4.19. The number of rotatable bonds is 3. The van der Waals surface area contributed by atoms with E-state index in [4.69, 9.17) is 0 Å². The van der Waals surface area contributed by atoms with Gasteiger partial charge < -0.3 is 5.32 Å². The molecule has 0 saturated carbocycles. The molecule has 0 atom stereocenters. The van der Waals surface area contributed by atoms with Gasteiger partial charge in [-0.1, -0.05) is 24.3 Å². The second kappa shape index (κ2) is 5.95. The Morgan fingerprint density at radius 2 is 1.89 bits per heavy atom. The van der Waals surface area contributed by atoms with Crippen molar-refractivity contribution in [2.24, 2.45) is 0 Å². The minimum absolute atomic E-state index is 1.04. The molecule has 98 valence electrons. The first-order valence-electron chi connectivity index (χ1n) is 6.84. The predicted molar refractivity (Wildman–Crippen MR) is 77.8 cm³/mol. The molecule has 1 saturated heterocycles. The summed E-state index contributed by atoms with van der Waals surface area (Å²) in [4.78, 5) is 6.69. The van der Waals surface area contributed by atoms with Crippen molar-refractivity contribution in [2.45, 2.75) is 6.54 Å². The summed E-state index contributed by atoms with van der Waals surface area (Å²) in [6.45, 7) is 5.51. The van der Waals surface area contributed by atoms with Crippen LogP contribution in [0, 0.1) is 0 Å². The van der Waals surface area contributed by atoms with Crippen LogP contribution in [0.5, 0.6) is 0 Å². The van der Waals surface area contributed by atoms with E-state index in [2.05, 4.69) is 45.5 Å². The van der Waals surface area contributed by atoms with Crippen LogP contribution in [0.4, 0.5) is 0 Å². The lowest BCUT2D eigenvalue weighted by molar-refractivity contribution is 0.233. The summed E-state index contributed by atoms with van der Waals surface area (Å²) in [6.07, 6.45) is 3.73. The number of pyridine rings is 1. The molecule has 0 aliphatic carbocycles. The molecular formula is C16H19N3. The van der Waals surface area contributed by atoms with Crippen molar-refractivity contribution in [3.8, 4) is 11.1 Å². The van der Waals surface area contributed by atoms with Crippen molar-refractivity contribution in [1.82, 2.24) is 15.2 Å². The van der Waals surface area contributed by atoms with Gasteiger partial charge >= 0.3 is 0 Å². The molecular weight excluding hydrogens is 234 g/mol. The van der Waals surface area contributed by atoms with E-state index in [1.807, 2.05) is 18.5 Å². The van der Waals surface area contributed by atoms with Gasteiger partial charge in [0.2, 0.25) is 0 Å². The predicted octanol–water partition coefficient (Wildman–Crippen LogP) is 2.15. The molecule has 0 bridgehead atoms. The van der Waals surface area contributed by atoms with Gasteiger partial charge in [-0.25, -0.2) is 0 Å². The first kappa shape index (κ1) is 12.3. The smallest absolute Gasteiger partial charge is 0.0346 e. The summed E-state index contributed by atoms with van der Waals surface area (Å²) < 4.78 is 0. The molecule has 3 heteroatoms. The lowest BCUT2D eigenvalue weighted by Gasteiger charge is -2.27. The van der Waals surface area contributed by atoms with E-state index in [9.17, 15) is 0 Å². The lowest BCUT2D eigenvalue weighted by Crippen LogP contribution is -2.42. The molecule has 0 radical (unpaired) electrons. The summed E-state index contributed by atoms with van der Waals surface area (Å²) >= 11 is 0. The molecule has 3 rings (SSSR count). The molecule has 2 aromatic rings. The molecule has 0 unspecified atom stereocenters. The maximum Gasteiger partial charge on any atom is 0.0346 e. The third-order valence-corrected chi connectivity index (χ3v) is 3.54. The zero-order valence-electron chi connectivity index (χ0n) is 11.0. The zero-order chi connectivity index (χ0) is 12.9. The van der Waals surface area contributed by atoms with Crippen molar-refractivity contribution in [3.05, 3.63) is 54.4 Å². The molecule has 1 fully saturated rings. The van der Waals surface area contributed by atoms with E-state index in [-0.39, 0.29) is 0 Å². The average molecular weight is 253 g/mol. The minimum atomic E-state index is 1.04. The van der Waals surface area contributed by atoms with Crippen LogP contribution in [0.2, 0.25) is 0 Å². The third-order valence-electron chi connectivity index (χ3n) is 3.54. The Morgan fingerprint density at radius 1 is 1.05 bits per heavy atom. The molecule has 0 spiro atoms. The second-order valence-corrected chi connectivity index (χ2v) is 4.97. The van der Waals surface area contributed by atoms with E-state index >= 15 is 0 Å². The van der Waals surface area contributed by atoms with Crippen LogP contribution in [-0.4, -0.2) is 36.1 Å². The van der Waals surface area contributed by atoms with Gasteiger partial charge in [0.1, 0.15) is 0 Å². The van der Waals surface area contributed by atoms with E-state index < -0.39 is 0 Å². The molecule has 2 heterocycles. The lowest BCUT2D eigenvalue weighted by atomic mass is 10.0. The van der Waals surface area contributed by atoms with Crippen molar-refractivity contribution < 1.29 is 0 Å². The van der Waals surface area contributed by atoms with Crippen LogP contribution in [0.3, 0.4) is 0 Å². The van der Waals surface area contributed by atoms with Crippen LogP contribution < -0.4 is 5.32 Å². The summed E-state index contributed by atoms with van der Waals surface area (Å²) in [5.41, 5.74) is 3.81. The van der Waals surface area contributed by atoms with Gasteiger partial charge in [0.05, 0.1) is 0 Å². The SMILES string of the molecule is c1cncc(-c2cccc(CN3CCNCC3)c2)c1. The minimum Gasteiger partial charge on any atom is -0.314 e. The van der Waals surface area contributed by atoms with E-state index in [0.29, 0.717) is 0 Å². The number of hydrogen-bond acceptors (Lipinski definition) is 3. The van der Waals surface area contributed by atoms with Crippen molar-refractivity contribution in [2.75, 3.05) is 26.2 Å². The van der Waals surface area contributed by atoms with Gasteiger partial charge in [-0.2, -0.15) is 0 Å². The van der Waals surface area contributed by atoms with Gasteiger partial charge in [-0.15, -0.1) is 0 Å². The fourth-order valence-corrected chi connectivity index (χ4v) is 2.51. The molecule has 1 aromatic carbocycles. The number of piperazine rings is 1. The molecule has 3 nitrogen and oxygen atoms in total. The monoisotopic (exact) mass is 253 g/mol. The second-order valence-electron chi connectivity index (χ2n) is 4.97.